The van der Waals surface area contributed by atoms with Gasteiger partial charge in [0.1, 0.15) is 0 Å². The lowest BCUT2D eigenvalue weighted by molar-refractivity contribution is 1.19. The van der Waals surface area contributed by atoms with Gasteiger partial charge in [-0.05, 0) is 72.3 Å². The summed E-state index contributed by atoms with van der Waals surface area (Å²) in [7, 11) is 0. The van der Waals surface area contributed by atoms with E-state index in [4.69, 9.17) is 0 Å². The normalized spacial score (nSPS) is 12.1. The lowest BCUT2D eigenvalue weighted by Crippen LogP contribution is -1.98. The minimum absolute atomic E-state index is 0.995. The fourth-order valence-corrected chi connectivity index (χ4v) is 9.36. The molecule has 4 heterocycles. The molecule has 3 nitrogen and oxygen atoms in total. The Balaban J connectivity index is 1.27. The van der Waals surface area contributed by atoms with Crippen LogP contribution in [0.4, 0.5) is 0 Å². The largest absolute Gasteiger partial charge is 0.309 e. The first kappa shape index (κ1) is 26.8. The fourth-order valence-electron chi connectivity index (χ4n) is 8.10. The lowest BCUT2D eigenvalue weighted by atomic mass is 9.98. The van der Waals surface area contributed by atoms with E-state index >= 15 is 0 Å². The summed E-state index contributed by atoms with van der Waals surface area (Å²) in [5, 5.41) is 8.75. The van der Waals surface area contributed by atoms with Crippen molar-refractivity contribution in [2.24, 2.45) is 0 Å². The Morgan fingerprint density at radius 1 is 0.408 bits per heavy atom. The summed E-state index contributed by atoms with van der Waals surface area (Å²) in [6, 6.07) is 57.5. The van der Waals surface area contributed by atoms with Crippen LogP contribution in [-0.2, 0) is 0 Å². The molecule has 7 aromatic carbocycles. The Kier molecular flexibility index (Phi) is 5.54. The maximum absolute atomic E-state index is 4.68. The molecule has 0 aliphatic rings. The van der Waals surface area contributed by atoms with Crippen LogP contribution in [0.15, 0.2) is 164 Å². The van der Waals surface area contributed by atoms with Crippen LogP contribution in [0.25, 0.3) is 97.2 Å². The standard InChI is InChI=1S/C45H27N3S/c1-5-17-37-29(11-1)30-12-2-6-18-38(30)48(37)42-25-23-33-32-14-4-8-21-43(32)49-45(33)44(42)28-22-24-41-35(27-28)31-13-3-7-19-39(31)47(41)40-20-9-16-36-34(40)15-10-26-46-36/h1-27H. The molecule has 0 spiro atoms. The van der Waals surface area contributed by atoms with Crippen molar-refractivity contribution in [3.63, 3.8) is 0 Å². The zero-order valence-electron chi connectivity index (χ0n) is 26.3. The van der Waals surface area contributed by atoms with E-state index in [1.54, 1.807) is 0 Å². The maximum Gasteiger partial charge on any atom is 0.0723 e. The van der Waals surface area contributed by atoms with Crippen LogP contribution in [0.3, 0.4) is 0 Å². The molecule has 0 amide bonds. The Morgan fingerprint density at radius 2 is 1.02 bits per heavy atom. The Bertz CT molecular complexity index is 3060. The molecule has 0 aliphatic carbocycles. The number of para-hydroxylation sites is 3. The van der Waals surface area contributed by atoms with E-state index in [1.165, 1.54) is 80.6 Å². The van der Waals surface area contributed by atoms with Crippen molar-refractivity contribution in [3.05, 3.63) is 164 Å². The molecule has 49 heavy (non-hydrogen) atoms. The summed E-state index contributed by atoms with van der Waals surface area (Å²) in [6.07, 6.45) is 1.87. The van der Waals surface area contributed by atoms with Gasteiger partial charge in [0.05, 0.1) is 39.0 Å². The molecule has 4 heteroatoms. The Labute approximate surface area is 285 Å². The first-order valence-corrected chi connectivity index (χ1v) is 17.5. The quantitative estimate of drug-likeness (QED) is 0.188. The maximum atomic E-state index is 4.68. The highest BCUT2D eigenvalue weighted by atomic mass is 32.1. The van der Waals surface area contributed by atoms with E-state index in [1.807, 2.05) is 23.6 Å². The van der Waals surface area contributed by atoms with Crippen molar-refractivity contribution < 1.29 is 0 Å². The molecular weight excluding hydrogens is 615 g/mol. The summed E-state index contributed by atoms with van der Waals surface area (Å²) in [5.74, 6) is 0. The third-order valence-electron chi connectivity index (χ3n) is 10.2. The molecule has 11 aromatic rings. The topological polar surface area (TPSA) is 22.8 Å². The van der Waals surface area contributed by atoms with Gasteiger partial charge in [-0.1, -0.05) is 91.0 Å². The van der Waals surface area contributed by atoms with Crippen molar-refractivity contribution in [2.45, 2.75) is 0 Å². The van der Waals surface area contributed by atoms with Crippen LogP contribution in [-0.4, -0.2) is 14.1 Å². The minimum atomic E-state index is 0.995. The first-order valence-electron chi connectivity index (χ1n) is 16.6. The molecule has 11 rings (SSSR count). The van der Waals surface area contributed by atoms with Crippen molar-refractivity contribution >= 4 is 86.0 Å². The molecule has 4 aromatic heterocycles. The van der Waals surface area contributed by atoms with E-state index in [9.17, 15) is 0 Å². The second-order valence-electron chi connectivity index (χ2n) is 12.7. The van der Waals surface area contributed by atoms with Gasteiger partial charge in [-0.2, -0.15) is 0 Å². The molecular formula is C45H27N3S. The summed E-state index contributed by atoms with van der Waals surface area (Å²) in [4.78, 5) is 4.68. The van der Waals surface area contributed by atoms with Crippen LogP contribution < -0.4 is 0 Å². The van der Waals surface area contributed by atoms with Crippen LogP contribution in [0.1, 0.15) is 0 Å². The van der Waals surface area contributed by atoms with Crippen LogP contribution >= 0.6 is 11.3 Å². The average molecular weight is 642 g/mol. The molecule has 0 radical (unpaired) electrons. The summed E-state index contributed by atoms with van der Waals surface area (Å²) in [6.45, 7) is 0. The fraction of sp³-hybridized carbons (Fsp3) is 0. The van der Waals surface area contributed by atoms with Crippen LogP contribution in [0.5, 0.6) is 0 Å². The predicted octanol–water partition coefficient (Wildman–Crippen LogP) is 12.5. The summed E-state index contributed by atoms with van der Waals surface area (Å²) in [5.41, 5.74) is 10.6. The second kappa shape index (κ2) is 10.1. The molecule has 0 fully saturated rings. The molecule has 228 valence electrons. The molecule has 0 bridgehead atoms. The molecule has 0 atom stereocenters. The SMILES string of the molecule is c1cc(-n2c3ccccc3c3cc(-c4c(-n5c6ccccc6c6ccccc65)ccc5c4sc4ccccc45)ccc32)c2cccnc2c1. The number of rotatable bonds is 3. The van der Waals surface area contributed by atoms with Gasteiger partial charge < -0.3 is 9.13 Å². The third-order valence-corrected chi connectivity index (χ3v) is 11.4. The highest BCUT2D eigenvalue weighted by Crippen LogP contribution is 2.46. The number of benzene rings is 7. The molecule has 0 saturated heterocycles. The number of thiophene rings is 1. The number of fused-ring (bicyclic) bond motifs is 10. The van der Waals surface area contributed by atoms with Crippen molar-refractivity contribution in [1.82, 2.24) is 14.1 Å². The molecule has 0 N–H and O–H groups in total. The van der Waals surface area contributed by atoms with Gasteiger partial charge in [-0.15, -0.1) is 11.3 Å². The molecule has 0 aliphatic heterocycles. The monoisotopic (exact) mass is 641 g/mol. The van der Waals surface area contributed by atoms with Gasteiger partial charge in [0.15, 0.2) is 0 Å². The smallest absolute Gasteiger partial charge is 0.0723 e. The highest BCUT2D eigenvalue weighted by Gasteiger charge is 2.21. The van der Waals surface area contributed by atoms with Crippen molar-refractivity contribution in [2.75, 3.05) is 0 Å². The van der Waals surface area contributed by atoms with Gasteiger partial charge >= 0.3 is 0 Å². The van der Waals surface area contributed by atoms with Crippen molar-refractivity contribution in [1.29, 1.82) is 0 Å². The third kappa shape index (κ3) is 3.75. The van der Waals surface area contributed by atoms with Crippen LogP contribution in [0, 0.1) is 0 Å². The summed E-state index contributed by atoms with van der Waals surface area (Å²) >= 11 is 1.89. The second-order valence-corrected chi connectivity index (χ2v) is 13.8. The van der Waals surface area contributed by atoms with Gasteiger partial charge in [-0.3, -0.25) is 4.98 Å². The van der Waals surface area contributed by atoms with E-state index in [-0.39, 0.29) is 0 Å². The summed E-state index contributed by atoms with van der Waals surface area (Å²) < 4.78 is 7.50. The number of hydrogen-bond donors (Lipinski definition) is 0. The number of aromatic nitrogens is 3. The van der Waals surface area contributed by atoms with Gasteiger partial charge in [0.25, 0.3) is 0 Å². The number of hydrogen-bond acceptors (Lipinski definition) is 2. The Hall–Kier alpha value is -6.23. The molecule has 0 saturated carbocycles. The van der Waals surface area contributed by atoms with E-state index in [2.05, 4.69) is 166 Å². The van der Waals surface area contributed by atoms with Gasteiger partial charge in [0.2, 0.25) is 0 Å². The van der Waals surface area contributed by atoms with Gasteiger partial charge in [0, 0.05) is 58.9 Å². The first-order chi connectivity index (χ1) is 24.3. The van der Waals surface area contributed by atoms with E-state index < -0.39 is 0 Å². The van der Waals surface area contributed by atoms with Gasteiger partial charge in [-0.25, -0.2) is 0 Å². The predicted molar refractivity (Wildman–Crippen MR) is 209 cm³/mol. The molecule has 0 unspecified atom stereocenters. The van der Waals surface area contributed by atoms with E-state index in [0.29, 0.717) is 0 Å². The zero-order chi connectivity index (χ0) is 32.1. The number of nitrogens with zero attached hydrogens (tertiary/aromatic N) is 3. The highest BCUT2D eigenvalue weighted by molar-refractivity contribution is 7.26. The minimum Gasteiger partial charge on any atom is -0.309 e. The van der Waals surface area contributed by atoms with Crippen molar-refractivity contribution in [3.8, 4) is 22.5 Å². The zero-order valence-corrected chi connectivity index (χ0v) is 27.2. The van der Waals surface area contributed by atoms with E-state index in [0.717, 1.165) is 16.6 Å². The number of pyridine rings is 1. The average Bonchev–Trinajstić information content (AvgIpc) is 3.82. The Morgan fingerprint density at radius 3 is 1.78 bits per heavy atom. The van der Waals surface area contributed by atoms with Crippen LogP contribution in [0.2, 0.25) is 0 Å². The lowest BCUT2D eigenvalue weighted by Gasteiger charge is -2.16.